The van der Waals surface area contributed by atoms with Crippen LogP contribution in [0.25, 0.3) is 0 Å². The Morgan fingerprint density at radius 3 is 2.75 bits per heavy atom. The second-order valence-corrected chi connectivity index (χ2v) is 4.59. The van der Waals surface area contributed by atoms with E-state index in [1.807, 2.05) is 19.9 Å². The second kappa shape index (κ2) is 3.70. The van der Waals surface area contributed by atoms with Gasteiger partial charge in [-0.25, -0.2) is 0 Å². The fraction of sp³-hybridized carbons (Fsp3) is 0.818. The molecule has 3 aliphatic heterocycles. The minimum Gasteiger partial charge on any atom is -0.484 e. The van der Waals surface area contributed by atoms with Crippen molar-refractivity contribution in [2.45, 2.75) is 38.1 Å². The monoisotopic (exact) mass is 228 g/mol. The maximum Gasteiger partial charge on any atom is 0.216 e. The average molecular weight is 228 g/mol. The van der Waals surface area contributed by atoms with Crippen LogP contribution in [0.3, 0.4) is 0 Å². The standard InChI is InChI=1S/C11H16O5/c1-11(2)14-6-9-7(16-11)5-8(15-9)10-12-3-4-13-10/h5,7,9-10H,3-4,6H2,1-2H3/t7-,9-/m0/s1. The van der Waals surface area contributed by atoms with Crippen molar-refractivity contribution >= 4 is 0 Å². The van der Waals surface area contributed by atoms with E-state index in [1.54, 1.807) is 0 Å². The largest absolute Gasteiger partial charge is 0.484 e. The summed E-state index contributed by atoms with van der Waals surface area (Å²) in [7, 11) is 0. The third kappa shape index (κ3) is 1.84. The number of hydrogen-bond acceptors (Lipinski definition) is 5. The van der Waals surface area contributed by atoms with Gasteiger partial charge in [-0.3, -0.25) is 0 Å². The summed E-state index contributed by atoms with van der Waals surface area (Å²) < 4.78 is 27.8. The van der Waals surface area contributed by atoms with E-state index in [-0.39, 0.29) is 18.5 Å². The molecule has 0 N–H and O–H groups in total. The Morgan fingerprint density at radius 2 is 2.00 bits per heavy atom. The van der Waals surface area contributed by atoms with Gasteiger partial charge in [-0.2, -0.15) is 0 Å². The molecule has 0 amide bonds. The van der Waals surface area contributed by atoms with Crippen LogP contribution >= 0.6 is 0 Å². The lowest BCUT2D eigenvalue weighted by molar-refractivity contribution is -0.289. The van der Waals surface area contributed by atoms with E-state index in [1.165, 1.54) is 0 Å². The van der Waals surface area contributed by atoms with E-state index < -0.39 is 5.79 Å². The summed E-state index contributed by atoms with van der Waals surface area (Å²) in [6.07, 6.45) is 1.44. The molecule has 0 unspecified atom stereocenters. The Hall–Kier alpha value is -0.620. The highest BCUT2D eigenvalue weighted by molar-refractivity contribution is 5.12. The van der Waals surface area contributed by atoms with Crippen molar-refractivity contribution in [1.82, 2.24) is 0 Å². The van der Waals surface area contributed by atoms with Crippen LogP contribution < -0.4 is 0 Å². The normalized spacial score (nSPS) is 38.0. The molecule has 0 aromatic heterocycles. The first kappa shape index (κ1) is 10.5. The van der Waals surface area contributed by atoms with E-state index in [0.717, 1.165) is 0 Å². The molecule has 0 radical (unpaired) electrons. The Kier molecular flexibility index (Phi) is 2.43. The number of hydrogen-bond donors (Lipinski definition) is 0. The smallest absolute Gasteiger partial charge is 0.216 e. The summed E-state index contributed by atoms with van der Waals surface area (Å²) in [5.41, 5.74) is 0. The lowest BCUT2D eigenvalue weighted by atomic mass is 10.2. The van der Waals surface area contributed by atoms with E-state index in [9.17, 15) is 0 Å². The molecule has 0 aliphatic carbocycles. The van der Waals surface area contributed by atoms with Crippen molar-refractivity contribution in [3.05, 3.63) is 11.8 Å². The minimum atomic E-state index is -0.548. The Labute approximate surface area is 94.2 Å². The molecule has 3 rings (SSSR count). The predicted octanol–water partition coefficient (Wildman–Crippen LogP) is 0.793. The van der Waals surface area contributed by atoms with Crippen LogP contribution in [0.1, 0.15) is 13.8 Å². The maximum atomic E-state index is 5.75. The molecule has 2 saturated heterocycles. The zero-order chi connectivity index (χ0) is 11.2. The Bertz CT molecular complexity index is 305. The van der Waals surface area contributed by atoms with Gasteiger partial charge >= 0.3 is 0 Å². The molecule has 3 aliphatic rings. The van der Waals surface area contributed by atoms with Gasteiger partial charge in [0.25, 0.3) is 0 Å². The molecule has 2 atom stereocenters. The number of ether oxygens (including phenoxy) is 5. The van der Waals surface area contributed by atoms with Crippen LogP contribution in [0, 0.1) is 0 Å². The highest BCUT2D eigenvalue weighted by Gasteiger charge is 2.43. The predicted molar refractivity (Wildman–Crippen MR) is 53.6 cm³/mol. The SMILES string of the molecule is CC1(C)OC[C@@H]2OC(C3OCCO3)=C[C@@H]2O1. The lowest BCUT2D eigenvalue weighted by Gasteiger charge is -2.36. The number of rotatable bonds is 1. The van der Waals surface area contributed by atoms with Crippen LogP contribution in [0.15, 0.2) is 11.8 Å². The quantitative estimate of drug-likeness (QED) is 0.664. The molecular formula is C11H16O5. The van der Waals surface area contributed by atoms with Gasteiger partial charge in [-0.05, 0) is 19.9 Å². The molecule has 2 fully saturated rings. The molecular weight excluding hydrogens is 212 g/mol. The van der Waals surface area contributed by atoms with E-state index >= 15 is 0 Å². The molecule has 3 heterocycles. The molecule has 0 spiro atoms. The van der Waals surface area contributed by atoms with Crippen LogP contribution in [0.4, 0.5) is 0 Å². The summed E-state index contributed by atoms with van der Waals surface area (Å²) in [6.45, 7) is 5.56. The van der Waals surface area contributed by atoms with Crippen molar-refractivity contribution in [2.24, 2.45) is 0 Å². The first-order chi connectivity index (χ1) is 7.64. The van der Waals surface area contributed by atoms with Crippen molar-refractivity contribution in [3.8, 4) is 0 Å². The third-order valence-electron chi connectivity index (χ3n) is 2.85. The zero-order valence-electron chi connectivity index (χ0n) is 9.47. The highest BCUT2D eigenvalue weighted by atomic mass is 16.8. The fourth-order valence-electron chi connectivity index (χ4n) is 2.09. The summed E-state index contributed by atoms with van der Waals surface area (Å²) in [5, 5.41) is 0. The van der Waals surface area contributed by atoms with Gasteiger partial charge in [0, 0.05) is 0 Å². The molecule has 0 aromatic rings. The minimum absolute atomic E-state index is 0.0634. The zero-order valence-corrected chi connectivity index (χ0v) is 9.47. The summed E-state index contributed by atoms with van der Waals surface area (Å²) in [5.74, 6) is 0.169. The van der Waals surface area contributed by atoms with E-state index in [4.69, 9.17) is 23.7 Å². The first-order valence-corrected chi connectivity index (χ1v) is 5.57. The summed E-state index contributed by atoms with van der Waals surface area (Å²) >= 11 is 0. The van der Waals surface area contributed by atoms with Gasteiger partial charge < -0.3 is 23.7 Å². The molecule has 5 nitrogen and oxygen atoms in total. The van der Waals surface area contributed by atoms with Gasteiger partial charge in [0.15, 0.2) is 17.7 Å². The van der Waals surface area contributed by atoms with Gasteiger partial charge in [0.05, 0.1) is 19.8 Å². The molecule has 16 heavy (non-hydrogen) atoms. The van der Waals surface area contributed by atoms with Gasteiger partial charge in [0.2, 0.25) is 6.29 Å². The molecule has 0 aromatic carbocycles. The van der Waals surface area contributed by atoms with Gasteiger partial charge in [0.1, 0.15) is 6.10 Å². The Balaban J connectivity index is 1.71. The van der Waals surface area contributed by atoms with Crippen LogP contribution in [-0.2, 0) is 23.7 Å². The molecule has 0 saturated carbocycles. The maximum absolute atomic E-state index is 5.75. The number of fused-ring (bicyclic) bond motifs is 1. The highest BCUT2D eigenvalue weighted by Crippen LogP contribution is 2.33. The Morgan fingerprint density at radius 1 is 1.25 bits per heavy atom. The molecule has 90 valence electrons. The fourth-order valence-corrected chi connectivity index (χ4v) is 2.09. The van der Waals surface area contributed by atoms with Gasteiger partial charge in [-0.15, -0.1) is 0 Å². The van der Waals surface area contributed by atoms with Crippen molar-refractivity contribution < 1.29 is 23.7 Å². The van der Waals surface area contributed by atoms with Crippen molar-refractivity contribution in [1.29, 1.82) is 0 Å². The third-order valence-corrected chi connectivity index (χ3v) is 2.85. The van der Waals surface area contributed by atoms with Gasteiger partial charge in [-0.1, -0.05) is 0 Å². The average Bonchev–Trinajstić information content (AvgIpc) is 2.81. The van der Waals surface area contributed by atoms with Crippen LogP contribution in [0.5, 0.6) is 0 Å². The first-order valence-electron chi connectivity index (χ1n) is 5.57. The van der Waals surface area contributed by atoms with Crippen molar-refractivity contribution in [3.63, 3.8) is 0 Å². The molecule has 0 bridgehead atoms. The molecule has 5 heteroatoms. The lowest BCUT2D eigenvalue weighted by Crippen LogP contribution is -2.46. The van der Waals surface area contributed by atoms with Crippen LogP contribution in [0.2, 0.25) is 0 Å². The summed E-state index contributed by atoms with van der Waals surface area (Å²) in [6, 6.07) is 0. The van der Waals surface area contributed by atoms with E-state index in [2.05, 4.69) is 0 Å². The van der Waals surface area contributed by atoms with Crippen molar-refractivity contribution in [2.75, 3.05) is 19.8 Å². The second-order valence-electron chi connectivity index (χ2n) is 4.59. The topological polar surface area (TPSA) is 46.2 Å². The van der Waals surface area contributed by atoms with Crippen LogP contribution in [-0.4, -0.2) is 44.1 Å². The summed E-state index contributed by atoms with van der Waals surface area (Å²) in [4.78, 5) is 0. The van der Waals surface area contributed by atoms with E-state index in [0.29, 0.717) is 25.6 Å².